The number of hydrogen-bond donors (Lipinski definition) is 0. The van der Waals surface area contributed by atoms with E-state index in [-0.39, 0.29) is 23.2 Å². The maximum Gasteiger partial charge on any atom is 0.416 e. The summed E-state index contributed by atoms with van der Waals surface area (Å²) in [7, 11) is 0. The second-order valence-corrected chi connectivity index (χ2v) is 6.81. The van der Waals surface area contributed by atoms with Gasteiger partial charge in [-0.25, -0.2) is 0 Å². The maximum atomic E-state index is 12.9. The van der Waals surface area contributed by atoms with Crippen molar-refractivity contribution in [1.82, 2.24) is 15.0 Å². The van der Waals surface area contributed by atoms with Gasteiger partial charge < -0.3 is 9.42 Å². The summed E-state index contributed by atoms with van der Waals surface area (Å²) in [5, 5.41) is 3.79. The van der Waals surface area contributed by atoms with Gasteiger partial charge in [-0.2, -0.15) is 18.2 Å². The number of amides is 1. The summed E-state index contributed by atoms with van der Waals surface area (Å²) in [6.07, 6.45) is -4.44. The number of rotatable bonds is 3. The van der Waals surface area contributed by atoms with Gasteiger partial charge in [-0.1, -0.05) is 35.0 Å². The number of hydrogen-bond acceptors (Lipinski definition) is 4. The molecule has 0 atom stereocenters. The number of benzene rings is 2. The van der Waals surface area contributed by atoms with Crippen LogP contribution in [0.15, 0.2) is 53.1 Å². The van der Waals surface area contributed by atoms with Crippen LogP contribution < -0.4 is 0 Å². The van der Waals surface area contributed by atoms with Gasteiger partial charge in [-0.3, -0.25) is 4.79 Å². The fourth-order valence-electron chi connectivity index (χ4n) is 3.03. The topological polar surface area (TPSA) is 59.2 Å². The minimum Gasteiger partial charge on any atom is -0.339 e. The van der Waals surface area contributed by atoms with Gasteiger partial charge in [0.1, 0.15) is 0 Å². The average molecular weight is 387 g/mol. The molecular weight excluding hydrogens is 371 g/mol. The molecule has 4 rings (SSSR count). The first-order chi connectivity index (χ1) is 13.3. The molecule has 3 aromatic rings. The van der Waals surface area contributed by atoms with Crippen molar-refractivity contribution in [3.8, 4) is 11.4 Å². The van der Waals surface area contributed by atoms with E-state index in [2.05, 4.69) is 10.1 Å². The van der Waals surface area contributed by atoms with E-state index in [1.807, 2.05) is 19.1 Å². The molecule has 144 valence electrons. The van der Waals surface area contributed by atoms with Crippen LogP contribution in [-0.4, -0.2) is 34.0 Å². The molecule has 1 aromatic heterocycles. The van der Waals surface area contributed by atoms with Crippen LogP contribution in [0, 0.1) is 6.92 Å². The van der Waals surface area contributed by atoms with Crippen LogP contribution in [0.2, 0.25) is 0 Å². The molecule has 0 radical (unpaired) electrons. The van der Waals surface area contributed by atoms with Crippen LogP contribution in [0.1, 0.15) is 33.3 Å². The van der Waals surface area contributed by atoms with E-state index >= 15 is 0 Å². The van der Waals surface area contributed by atoms with E-state index in [1.165, 1.54) is 12.1 Å². The van der Waals surface area contributed by atoms with Gasteiger partial charge in [0.05, 0.1) is 11.5 Å². The minimum atomic E-state index is -4.44. The second-order valence-electron chi connectivity index (χ2n) is 6.81. The van der Waals surface area contributed by atoms with Gasteiger partial charge in [-0.15, -0.1) is 0 Å². The molecule has 0 spiro atoms. The van der Waals surface area contributed by atoms with Gasteiger partial charge in [0.15, 0.2) is 0 Å². The molecule has 1 saturated heterocycles. The van der Waals surface area contributed by atoms with Crippen LogP contribution in [0.5, 0.6) is 0 Å². The van der Waals surface area contributed by atoms with E-state index in [0.29, 0.717) is 24.5 Å². The summed E-state index contributed by atoms with van der Waals surface area (Å²) in [5.41, 5.74) is 1.15. The predicted molar refractivity (Wildman–Crippen MR) is 94.6 cm³/mol. The van der Waals surface area contributed by atoms with Gasteiger partial charge in [-0.05, 0) is 31.2 Å². The Bertz CT molecular complexity index is 1010. The molecular formula is C20H16F3N3O2. The zero-order chi connectivity index (χ0) is 19.9. The summed E-state index contributed by atoms with van der Waals surface area (Å²) in [5.74, 6) is 0.222. The number of likely N-dealkylation sites (tertiary alicyclic amines) is 1. The molecule has 8 heteroatoms. The molecule has 1 fully saturated rings. The van der Waals surface area contributed by atoms with Crippen LogP contribution in [0.4, 0.5) is 13.2 Å². The number of aryl methyl sites for hydroxylation is 1. The van der Waals surface area contributed by atoms with E-state index in [9.17, 15) is 18.0 Å². The van der Waals surface area contributed by atoms with E-state index in [0.717, 1.165) is 17.7 Å². The third-order valence-electron chi connectivity index (χ3n) is 4.71. The summed E-state index contributed by atoms with van der Waals surface area (Å²) in [6, 6.07) is 12.1. The van der Waals surface area contributed by atoms with Crippen molar-refractivity contribution in [1.29, 1.82) is 0 Å². The molecule has 5 nitrogen and oxygen atoms in total. The summed E-state index contributed by atoms with van der Waals surface area (Å²) in [6.45, 7) is 2.80. The highest BCUT2D eigenvalue weighted by Gasteiger charge is 2.36. The van der Waals surface area contributed by atoms with Crippen molar-refractivity contribution in [2.24, 2.45) is 0 Å². The molecule has 0 bridgehead atoms. The second kappa shape index (κ2) is 6.78. The minimum absolute atomic E-state index is 0.0751. The summed E-state index contributed by atoms with van der Waals surface area (Å²) in [4.78, 5) is 18.3. The maximum absolute atomic E-state index is 12.9. The van der Waals surface area contributed by atoms with Crippen molar-refractivity contribution in [3.63, 3.8) is 0 Å². The third kappa shape index (κ3) is 3.49. The van der Waals surface area contributed by atoms with Gasteiger partial charge in [0.2, 0.25) is 11.7 Å². The first-order valence-electron chi connectivity index (χ1n) is 8.68. The number of nitrogens with zero attached hydrogens (tertiary/aromatic N) is 3. The van der Waals surface area contributed by atoms with Crippen molar-refractivity contribution < 1.29 is 22.5 Å². The predicted octanol–water partition coefficient (Wildman–Crippen LogP) is 4.30. The number of carbonyl (C=O) groups is 1. The molecule has 1 aliphatic rings. The van der Waals surface area contributed by atoms with Gasteiger partial charge >= 0.3 is 6.18 Å². The lowest BCUT2D eigenvalue weighted by Crippen LogP contribution is -2.48. The Balaban J connectivity index is 1.44. The molecule has 0 saturated carbocycles. The fraction of sp³-hybridized carbons (Fsp3) is 0.250. The number of aromatic nitrogens is 2. The number of alkyl halides is 3. The van der Waals surface area contributed by atoms with E-state index < -0.39 is 11.7 Å². The van der Waals surface area contributed by atoms with Gasteiger partial charge in [0, 0.05) is 24.2 Å². The van der Waals surface area contributed by atoms with Crippen molar-refractivity contribution in [3.05, 3.63) is 71.1 Å². The van der Waals surface area contributed by atoms with Crippen molar-refractivity contribution >= 4 is 5.91 Å². The highest BCUT2D eigenvalue weighted by atomic mass is 19.4. The summed E-state index contributed by atoms with van der Waals surface area (Å²) < 4.78 is 43.8. The first kappa shape index (κ1) is 18.2. The Morgan fingerprint density at radius 2 is 1.86 bits per heavy atom. The Kier molecular flexibility index (Phi) is 4.41. The monoisotopic (exact) mass is 387 g/mol. The van der Waals surface area contributed by atoms with Crippen LogP contribution >= 0.6 is 0 Å². The molecule has 28 heavy (non-hydrogen) atoms. The molecule has 0 unspecified atom stereocenters. The van der Waals surface area contributed by atoms with E-state index in [4.69, 9.17) is 4.52 Å². The van der Waals surface area contributed by atoms with E-state index in [1.54, 1.807) is 17.0 Å². The summed E-state index contributed by atoms with van der Waals surface area (Å²) >= 11 is 0. The molecule has 2 heterocycles. The zero-order valence-corrected chi connectivity index (χ0v) is 14.9. The molecule has 0 aliphatic carbocycles. The Morgan fingerprint density at radius 3 is 2.54 bits per heavy atom. The lowest BCUT2D eigenvalue weighted by molar-refractivity contribution is -0.137. The number of carbonyl (C=O) groups excluding carboxylic acids is 1. The standard InChI is InChI=1S/C20H16F3N3O2/c1-12-5-7-13(8-6-12)19(27)26-10-15(11-26)18-24-17(25-28-18)14-3-2-4-16(9-14)20(21,22)23/h2-9,15H,10-11H2,1H3. The Hall–Kier alpha value is -3.16. The van der Waals surface area contributed by atoms with Crippen molar-refractivity contribution in [2.45, 2.75) is 19.0 Å². The quantitative estimate of drug-likeness (QED) is 0.672. The zero-order valence-electron chi connectivity index (χ0n) is 14.9. The SMILES string of the molecule is Cc1ccc(C(=O)N2CC(c3nc(-c4cccc(C(F)(F)F)c4)no3)C2)cc1. The van der Waals surface area contributed by atoms with Crippen LogP contribution in [0.3, 0.4) is 0 Å². The highest BCUT2D eigenvalue weighted by molar-refractivity contribution is 5.94. The smallest absolute Gasteiger partial charge is 0.339 e. The normalized spacial score (nSPS) is 14.8. The molecule has 1 amide bonds. The Morgan fingerprint density at radius 1 is 1.14 bits per heavy atom. The highest BCUT2D eigenvalue weighted by Crippen LogP contribution is 2.33. The fourth-order valence-corrected chi connectivity index (χ4v) is 3.03. The van der Waals surface area contributed by atoms with Gasteiger partial charge in [0.25, 0.3) is 5.91 Å². The third-order valence-corrected chi connectivity index (χ3v) is 4.71. The lowest BCUT2D eigenvalue weighted by Gasteiger charge is -2.37. The first-order valence-corrected chi connectivity index (χ1v) is 8.68. The molecule has 0 N–H and O–H groups in total. The molecule has 1 aliphatic heterocycles. The molecule has 2 aromatic carbocycles. The Labute approximate surface area is 158 Å². The average Bonchev–Trinajstić information content (AvgIpc) is 3.10. The lowest BCUT2D eigenvalue weighted by atomic mass is 9.98. The van der Waals surface area contributed by atoms with Crippen LogP contribution in [0.25, 0.3) is 11.4 Å². The largest absolute Gasteiger partial charge is 0.416 e. The van der Waals surface area contributed by atoms with Crippen LogP contribution in [-0.2, 0) is 6.18 Å². The number of halogens is 3. The van der Waals surface area contributed by atoms with Crippen molar-refractivity contribution in [2.75, 3.05) is 13.1 Å².